The zero-order valence-corrected chi connectivity index (χ0v) is 11.8. The van der Waals surface area contributed by atoms with Crippen molar-refractivity contribution in [2.75, 3.05) is 12.0 Å². The minimum Gasteiger partial charge on any atom is -0.480 e. The number of aliphatic carboxylic acids is 1. The Bertz CT molecular complexity index is 502. The molecule has 1 unspecified atom stereocenters. The molecule has 0 aliphatic rings. The zero-order chi connectivity index (χ0) is 15.1. The van der Waals surface area contributed by atoms with Crippen LogP contribution >= 0.6 is 11.8 Å². The van der Waals surface area contributed by atoms with Crippen LogP contribution in [0.25, 0.3) is 0 Å². The number of amides is 2. The molecule has 0 bridgehead atoms. The second kappa shape index (κ2) is 7.54. The van der Waals surface area contributed by atoms with Gasteiger partial charge in [-0.15, -0.1) is 0 Å². The summed E-state index contributed by atoms with van der Waals surface area (Å²) >= 11 is 1.51. The maximum absolute atomic E-state index is 11.9. The van der Waals surface area contributed by atoms with Crippen LogP contribution < -0.4 is 11.1 Å². The molecule has 1 rings (SSSR count). The van der Waals surface area contributed by atoms with E-state index in [0.717, 1.165) is 0 Å². The molecular weight excluding hydrogens is 280 g/mol. The lowest BCUT2D eigenvalue weighted by molar-refractivity contribution is -0.139. The number of primary amides is 1. The Morgan fingerprint density at radius 2 is 1.80 bits per heavy atom. The summed E-state index contributed by atoms with van der Waals surface area (Å²) in [7, 11) is 0. The lowest BCUT2D eigenvalue weighted by Crippen LogP contribution is -2.41. The van der Waals surface area contributed by atoms with Gasteiger partial charge in [0.15, 0.2) is 0 Å². The minimum absolute atomic E-state index is 0.283. The first-order valence-corrected chi connectivity index (χ1v) is 7.27. The molecule has 7 heteroatoms. The molecule has 0 fully saturated rings. The maximum Gasteiger partial charge on any atom is 0.326 e. The van der Waals surface area contributed by atoms with E-state index in [1.165, 1.54) is 36.0 Å². The van der Waals surface area contributed by atoms with E-state index in [0.29, 0.717) is 17.7 Å². The van der Waals surface area contributed by atoms with Crippen molar-refractivity contribution in [1.82, 2.24) is 5.32 Å². The molecule has 2 amide bonds. The van der Waals surface area contributed by atoms with Crippen molar-refractivity contribution in [1.29, 1.82) is 0 Å². The number of carbonyl (C=O) groups excluding carboxylic acids is 2. The highest BCUT2D eigenvalue weighted by Gasteiger charge is 2.20. The van der Waals surface area contributed by atoms with Crippen molar-refractivity contribution in [3.8, 4) is 0 Å². The van der Waals surface area contributed by atoms with Gasteiger partial charge in [0, 0.05) is 11.1 Å². The Morgan fingerprint density at radius 3 is 2.25 bits per heavy atom. The van der Waals surface area contributed by atoms with Gasteiger partial charge in [0.1, 0.15) is 6.04 Å². The Hall–Kier alpha value is -2.02. The van der Waals surface area contributed by atoms with Crippen LogP contribution in [0.2, 0.25) is 0 Å². The van der Waals surface area contributed by atoms with Crippen molar-refractivity contribution in [3.63, 3.8) is 0 Å². The highest BCUT2D eigenvalue weighted by atomic mass is 32.2. The summed E-state index contributed by atoms with van der Waals surface area (Å²) in [5, 5.41) is 11.5. The summed E-state index contributed by atoms with van der Waals surface area (Å²) in [5.41, 5.74) is 5.67. The van der Waals surface area contributed by atoms with Gasteiger partial charge in [-0.3, -0.25) is 9.59 Å². The zero-order valence-electron chi connectivity index (χ0n) is 11.0. The SMILES string of the molecule is CSCCC(NC(=O)c1ccc(C(N)=O)cc1)C(=O)O. The molecule has 0 saturated carbocycles. The topological polar surface area (TPSA) is 109 Å². The van der Waals surface area contributed by atoms with Crippen molar-refractivity contribution < 1.29 is 19.5 Å². The number of nitrogens with two attached hydrogens (primary N) is 1. The summed E-state index contributed by atoms with van der Waals surface area (Å²) in [4.78, 5) is 33.8. The quantitative estimate of drug-likeness (QED) is 0.687. The van der Waals surface area contributed by atoms with E-state index in [9.17, 15) is 14.4 Å². The van der Waals surface area contributed by atoms with E-state index in [-0.39, 0.29) is 5.56 Å². The molecule has 6 nitrogen and oxygen atoms in total. The summed E-state index contributed by atoms with van der Waals surface area (Å²) in [6, 6.07) is 4.79. The monoisotopic (exact) mass is 296 g/mol. The number of rotatable bonds is 7. The molecule has 1 aromatic carbocycles. The number of benzene rings is 1. The average Bonchev–Trinajstić information content (AvgIpc) is 2.42. The highest BCUT2D eigenvalue weighted by molar-refractivity contribution is 7.98. The van der Waals surface area contributed by atoms with Crippen molar-refractivity contribution in [2.45, 2.75) is 12.5 Å². The third-order valence-corrected chi connectivity index (χ3v) is 3.29. The first-order chi connectivity index (χ1) is 9.45. The number of carboxylic acid groups (broad SMARTS) is 1. The molecule has 1 aromatic rings. The standard InChI is InChI=1S/C13H16N2O4S/c1-20-7-6-10(13(18)19)15-12(17)9-4-2-8(3-5-9)11(14)16/h2-5,10H,6-7H2,1H3,(H2,14,16)(H,15,17)(H,18,19). The Kier molecular flexibility index (Phi) is 6.05. The smallest absolute Gasteiger partial charge is 0.326 e. The Labute approximate surface area is 120 Å². The van der Waals surface area contributed by atoms with E-state index in [2.05, 4.69) is 5.32 Å². The largest absolute Gasteiger partial charge is 0.480 e. The van der Waals surface area contributed by atoms with Crippen LogP contribution in [-0.4, -0.2) is 40.9 Å². The van der Waals surface area contributed by atoms with Crippen LogP contribution in [0.1, 0.15) is 27.1 Å². The average molecular weight is 296 g/mol. The molecular formula is C13H16N2O4S. The van der Waals surface area contributed by atoms with Gasteiger partial charge in [-0.25, -0.2) is 4.79 Å². The normalized spacial score (nSPS) is 11.7. The molecule has 4 N–H and O–H groups in total. The van der Waals surface area contributed by atoms with Gasteiger partial charge in [0.25, 0.3) is 5.91 Å². The highest BCUT2D eigenvalue weighted by Crippen LogP contribution is 2.06. The summed E-state index contributed by atoms with van der Waals surface area (Å²) in [6.07, 6.45) is 2.21. The second-order valence-electron chi connectivity index (χ2n) is 4.09. The van der Waals surface area contributed by atoms with Gasteiger partial charge in [0.2, 0.25) is 5.91 Å². The maximum atomic E-state index is 11.9. The molecule has 0 aromatic heterocycles. The molecule has 0 heterocycles. The van der Waals surface area contributed by atoms with Gasteiger partial charge in [-0.1, -0.05) is 0 Å². The first-order valence-electron chi connectivity index (χ1n) is 5.88. The first kappa shape index (κ1) is 16.0. The lowest BCUT2D eigenvalue weighted by atomic mass is 10.1. The summed E-state index contributed by atoms with van der Waals surface area (Å²) in [5.74, 6) is -1.51. The molecule has 20 heavy (non-hydrogen) atoms. The summed E-state index contributed by atoms with van der Waals surface area (Å²) < 4.78 is 0. The second-order valence-corrected chi connectivity index (χ2v) is 5.07. The van der Waals surface area contributed by atoms with Crippen LogP contribution in [-0.2, 0) is 4.79 Å². The Balaban J connectivity index is 2.73. The number of hydrogen-bond acceptors (Lipinski definition) is 4. The fourth-order valence-electron chi connectivity index (χ4n) is 1.52. The van der Waals surface area contributed by atoms with E-state index < -0.39 is 23.8 Å². The molecule has 0 saturated heterocycles. The third kappa shape index (κ3) is 4.58. The molecule has 0 aliphatic heterocycles. The summed E-state index contributed by atoms with van der Waals surface area (Å²) in [6.45, 7) is 0. The molecule has 0 spiro atoms. The van der Waals surface area contributed by atoms with Crippen LogP contribution in [0.15, 0.2) is 24.3 Å². The lowest BCUT2D eigenvalue weighted by Gasteiger charge is -2.14. The number of carboxylic acids is 1. The van der Waals surface area contributed by atoms with E-state index in [1.54, 1.807) is 0 Å². The van der Waals surface area contributed by atoms with E-state index >= 15 is 0 Å². The van der Waals surface area contributed by atoms with Crippen molar-refractivity contribution in [2.24, 2.45) is 5.73 Å². The Morgan fingerprint density at radius 1 is 1.25 bits per heavy atom. The van der Waals surface area contributed by atoms with Gasteiger partial charge in [-0.05, 0) is 42.7 Å². The van der Waals surface area contributed by atoms with E-state index in [4.69, 9.17) is 10.8 Å². The molecule has 0 radical (unpaired) electrons. The van der Waals surface area contributed by atoms with Crippen LogP contribution in [0.3, 0.4) is 0 Å². The number of thioether (sulfide) groups is 1. The van der Waals surface area contributed by atoms with Gasteiger partial charge < -0.3 is 16.2 Å². The fourth-order valence-corrected chi connectivity index (χ4v) is 1.99. The fraction of sp³-hybridized carbons (Fsp3) is 0.308. The van der Waals surface area contributed by atoms with Crippen LogP contribution in [0.4, 0.5) is 0 Å². The van der Waals surface area contributed by atoms with E-state index in [1.807, 2.05) is 6.26 Å². The van der Waals surface area contributed by atoms with Crippen molar-refractivity contribution in [3.05, 3.63) is 35.4 Å². The molecule has 108 valence electrons. The number of nitrogens with one attached hydrogen (secondary N) is 1. The molecule has 1 atom stereocenters. The van der Waals surface area contributed by atoms with Gasteiger partial charge >= 0.3 is 5.97 Å². The predicted octanol–water partition coefficient (Wildman–Crippen LogP) is 0.722. The minimum atomic E-state index is -1.07. The third-order valence-electron chi connectivity index (χ3n) is 2.65. The number of hydrogen-bond donors (Lipinski definition) is 3. The predicted molar refractivity (Wildman–Crippen MR) is 76.8 cm³/mol. The molecule has 0 aliphatic carbocycles. The van der Waals surface area contributed by atoms with Crippen molar-refractivity contribution >= 4 is 29.5 Å². The van der Waals surface area contributed by atoms with Crippen LogP contribution in [0.5, 0.6) is 0 Å². The number of carbonyl (C=O) groups is 3. The van der Waals surface area contributed by atoms with Gasteiger partial charge in [-0.2, -0.15) is 11.8 Å². The van der Waals surface area contributed by atoms with Crippen LogP contribution in [0, 0.1) is 0 Å². The van der Waals surface area contributed by atoms with Gasteiger partial charge in [0.05, 0.1) is 0 Å².